The number of carbonyl (C=O) groups is 1. The predicted octanol–water partition coefficient (Wildman–Crippen LogP) is 1.63. The van der Waals surface area contributed by atoms with Crippen molar-refractivity contribution in [3.8, 4) is 0 Å². The SMILES string of the molecule is O=C1CC(Br)CN1c1ncc(Cl)cn1. The minimum absolute atomic E-state index is 0.0363. The Labute approximate surface area is 94.4 Å². The van der Waals surface area contributed by atoms with E-state index in [2.05, 4.69) is 25.9 Å². The Morgan fingerprint density at radius 2 is 2.14 bits per heavy atom. The summed E-state index contributed by atoms with van der Waals surface area (Å²) in [6.45, 7) is 0.612. The molecule has 1 aromatic heterocycles. The molecule has 0 spiro atoms. The van der Waals surface area contributed by atoms with Crippen LogP contribution in [-0.4, -0.2) is 27.2 Å². The summed E-state index contributed by atoms with van der Waals surface area (Å²) in [5.41, 5.74) is 0. The van der Waals surface area contributed by atoms with E-state index in [0.29, 0.717) is 23.9 Å². The van der Waals surface area contributed by atoms with Gasteiger partial charge in [0, 0.05) is 17.8 Å². The summed E-state index contributed by atoms with van der Waals surface area (Å²) in [6, 6.07) is 0. The molecule has 4 nitrogen and oxygen atoms in total. The van der Waals surface area contributed by atoms with Gasteiger partial charge >= 0.3 is 0 Å². The second-order valence-electron chi connectivity index (χ2n) is 3.01. The van der Waals surface area contributed by atoms with Crippen LogP contribution in [0.4, 0.5) is 5.95 Å². The lowest BCUT2D eigenvalue weighted by atomic mass is 10.4. The maximum Gasteiger partial charge on any atom is 0.232 e. The molecule has 1 atom stereocenters. The van der Waals surface area contributed by atoms with Gasteiger partial charge in [0.25, 0.3) is 0 Å². The van der Waals surface area contributed by atoms with E-state index in [-0.39, 0.29) is 10.7 Å². The van der Waals surface area contributed by atoms with Crippen LogP contribution >= 0.6 is 27.5 Å². The largest absolute Gasteiger partial charge is 0.280 e. The molecular weight excluding hydrogens is 269 g/mol. The Morgan fingerprint density at radius 1 is 1.50 bits per heavy atom. The third-order valence-electron chi connectivity index (χ3n) is 1.93. The minimum atomic E-state index is 0.0363. The molecule has 0 bridgehead atoms. The minimum Gasteiger partial charge on any atom is -0.280 e. The number of carbonyl (C=O) groups excluding carboxylic acids is 1. The van der Waals surface area contributed by atoms with Crippen LogP contribution in [0.3, 0.4) is 0 Å². The van der Waals surface area contributed by atoms with Crippen molar-refractivity contribution in [1.29, 1.82) is 0 Å². The molecule has 0 N–H and O–H groups in total. The fourth-order valence-corrected chi connectivity index (χ4v) is 1.97. The number of amides is 1. The monoisotopic (exact) mass is 275 g/mol. The average Bonchev–Trinajstić information content (AvgIpc) is 2.47. The molecule has 1 fully saturated rings. The van der Waals surface area contributed by atoms with Gasteiger partial charge in [0.2, 0.25) is 11.9 Å². The zero-order chi connectivity index (χ0) is 10.1. The Bertz CT molecular complexity index is 356. The Balaban J connectivity index is 2.23. The van der Waals surface area contributed by atoms with E-state index in [4.69, 9.17) is 11.6 Å². The van der Waals surface area contributed by atoms with Gasteiger partial charge in [-0.25, -0.2) is 9.97 Å². The number of anilines is 1. The van der Waals surface area contributed by atoms with E-state index in [0.717, 1.165) is 0 Å². The Hall–Kier alpha value is -0.680. The summed E-state index contributed by atoms with van der Waals surface area (Å²) in [5, 5.41) is 0.468. The van der Waals surface area contributed by atoms with Crippen molar-refractivity contribution >= 4 is 39.4 Å². The maximum absolute atomic E-state index is 11.5. The average molecular weight is 277 g/mol. The van der Waals surface area contributed by atoms with Crippen LogP contribution in [0.1, 0.15) is 6.42 Å². The number of hydrogen-bond acceptors (Lipinski definition) is 3. The molecule has 1 aromatic rings. The lowest BCUT2D eigenvalue weighted by Gasteiger charge is -2.12. The maximum atomic E-state index is 11.5. The van der Waals surface area contributed by atoms with Gasteiger partial charge in [-0.05, 0) is 0 Å². The summed E-state index contributed by atoms with van der Waals surface area (Å²) in [4.78, 5) is 21.2. The van der Waals surface area contributed by atoms with E-state index in [1.165, 1.54) is 12.4 Å². The normalized spacial score (nSPS) is 21.7. The fourth-order valence-electron chi connectivity index (χ4n) is 1.30. The van der Waals surface area contributed by atoms with Crippen molar-refractivity contribution in [2.24, 2.45) is 0 Å². The molecule has 1 saturated heterocycles. The first-order chi connectivity index (χ1) is 6.66. The first kappa shape index (κ1) is 9.86. The molecule has 2 rings (SSSR count). The number of aromatic nitrogens is 2. The van der Waals surface area contributed by atoms with Gasteiger partial charge in [-0.1, -0.05) is 27.5 Å². The zero-order valence-electron chi connectivity index (χ0n) is 7.15. The van der Waals surface area contributed by atoms with Crippen LogP contribution in [0, 0.1) is 0 Å². The van der Waals surface area contributed by atoms with Gasteiger partial charge in [0.15, 0.2) is 0 Å². The van der Waals surface area contributed by atoms with Crippen LogP contribution in [-0.2, 0) is 4.79 Å². The van der Waals surface area contributed by atoms with Gasteiger partial charge in [-0.2, -0.15) is 0 Å². The summed E-state index contributed by atoms with van der Waals surface area (Å²) in [5.74, 6) is 0.454. The quantitative estimate of drug-likeness (QED) is 0.733. The van der Waals surface area contributed by atoms with Crippen LogP contribution in [0.2, 0.25) is 5.02 Å². The zero-order valence-corrected chi connectivity index (χ0v) is 9.49. The van der Waals surface area contributed by atoms with E-state index in [9.17, 15) is 4.79 Å². The van der Waals surface area contributed by atoms with Gasteiger partial charge in [-0.15, -0.1) is 0 Å². The highest BCUT2D eigenvalue weighted by molar-refractivity contribution is 9.09. The summed E-state index contributed by atoms with van der Waals surface area (Å²) >= 11 is 9.03. The third kappa shape index (κ3) is 1.88. The molecule has 1 unspecified atom stereocenters. The molecule has 1 amide bonds. The van der Waals surface area contributed by atoms with Crippen LogP contribution in [0.15, 0.2) is 12.4 Å². The van der Waals surface area contributed by atoms with Gasteiger partial charge in [0.05, 0.1) is 17.4 Å². The molecule has 0 saturated carbocycles. The van der Waals surface area contributed by atoms with Crippen LogP contribution in [0.25, 0.3) is 0 Å². The molecule has 6 heteroatoms. The summed E-state index contributed by atoms with van der Waals surface area (Å²) in [6.07, 6.45) is 3.46. The van der Waals surface area contributed by atoms with Crippen molar-refractivity contribution in [2.45, 2.75) is 11.2 Å². The van der Waals surface area contributed by atoms with E-state index < -0.39 is 0 Å². The van der Waals surface area contributed by atoms with Crippen LogP contribution in [0.5, 0.6) is 0 Å². The van der Waals surface area contributed by atoms with E-state index in [1.54, 1.807) is 4.90 Å². The highest BCUT2D eigenvalue weighted by atomic mass is 79.9. The van der Waals surface area contributed by atoms with Crippen molar-refractivity contribution < 1.29 is 4.79 Å². The lowest BCUT2D eigenvalue weighted by molar-refractivity contribution is -0.117. The summed E-state index contributed by atoms with van der Waals surface area (Å²) in [7, 11) is 0. The van der Waals surface area contributed by atoms with Gasteiger partial charge in [-0.3, -0.25) is 9.69 Å². The van der Waals surface area contributed by atoms with Crippen molar-refractivity contribution in [3.63, 3.8) is 0 Å². The highest BCUT2D eigenvalue weighted by Crippen LogP contribution is 2.22. The van der Waals surface area contributed by atoms with Crippen LogP contribution < -0.4 is 4.90 Å². The first-order valence-electron chi connectivity index (χ1n) is 4.09. The predicted molar refractivity (Wildman–Crippen MR) is 56.7 cm³/mol. The second-order valence-corrected chi connectivity index (χ2v) is 4.74. The van der Waals surface area contributed by atoms with Crippen molar-refractivity contribution in [1.82, 2.24) is 9.97 Å². The molecule has 74 valence electrons. The second kappa shape index (κ2) is 3.82. The summed E-state index contributed by atoms with van der Waals surface area (Å²) < 4.78 is 0. The Morgan fingerprint density at radius 3 is 2.64 bits per heavy atom. The molecule has 0 aromatic carbocycles. The van der Waals surface area contributed by atoms with Gasteiger partial charge < -0.3 is 0 Å². The molecule has 1 aliphatic heterocycles. The molecule has 2 heterocycles. The molecule has 14 heavy (non-hydrogen) atoms. The molecular formula is C8H7BrClN3O. The van der Waals surface area contributed by atoms with E-state index >= 15 is 0 Å². The number of nitrogens with zero attached hydrogens (tertiary/aromatic N) is 3. The number of alkyl halides is 1. The smallest absolute Gasteiger partial charge is 0.232 e. The van der Waals surface area contributed by atoms with Crippen molar-refractivity contribution in [2.75, 3.05) is 11.4 Å². The van der Waals surface area contributed by atoms with Crippen molar-refractivity contribution in [3.05, 3.63) is 17.4 Å². The lowest BCUT2D eigenvalue weighted by Crippen LogP contribution is -2.26. The molecule has 1 aliphatic rings. The highest BCUT2D eigenvalue weighted by Gasteiger charge is 2.30. The topological polar surface area (TPSA) is 46.1 Å². The number of hydrogen-bond donors (Lipinski definition) is 0. The van der Waals surface area contributed by atoms with Gasteiger partial charge in [0.1, 0.15) is 0 Å². The van der Waals surface area contributed by atoms with E-state index in [1.807, 2.05) is 0 Å². The standard InChI is InChI=1S/C8H7BrClN3O/c9-5-1-7(14)13(4-5)8-11-2-6(10)3-12-8/h2-3,5H,1,4H2. The first-order valence-corrected chi connectivity index (χ1v) is 5.38. The number of rotatable bonds is 1. The molecule has 0 radical (unpaired) electrons. The molecule has 0 aliphatic carbocycles. The Kier molecular flexibility index (Phi) is 2.69. The number of halogens is 2. The fraction of sp³-hybridized carbons (Fsp3) is 0.375. The third-order valence-corrected chi connectivity index (χ3v) is 2.73.